The normalized spacial score (nSPS) is 9.56. The second-order valence-electron chi connectivity index (χ2n) is 2.05. The van der Waals surface area contributed by atoms with Crippen molar-refractivity contribution in [3.05, 3.63) is 18.2 Å². The Labute approximate surface area is 54.2 Å². The van der Waals surface area contributed by atoms with Crippen molar-refractivity contribution in [3.63, 3.8) is 0 Å². The van der Waals surface area contributed by atoms with Crippen molar-refractivity contribution in [2.24, 2.45) is 7.05 Å². The van der Waals surface area contributed by atoms with Crippen LogP contribution in [0, 0.1) is 6.92 Å². The van der Waals surface area contributed by atoms with Gasteiger partial charge < -0.3 is 5.73 Å². The van der Waals surface area contributed by atoms with Gasteiger partial charge in [-0.1, -0.05) is 4.98 Å². The molecule has 0 saturated heterocycles. The van der Waals surface area contributed by atoms with Gasteiger partial charge in [0, 0.05) is 6.92 Å². The zero-order chi connectivity index (χ0) is 6.85. The van der Waals surface area contributed by atoms with Gasteiger partial charge in [0.2, 0.25) is 0 Å². The third-order valence-corrected chi connectivity index (χ3v) is 1.25. The summed E-state index contributed by atoms with van der Waals surface area (Å²) in [6.45, 7) is 1.93. The average Bonchev–Trinajstić information content (AvgIpc) is 1.80. The maximum absolute atomic E-state index is 5.44. The van der Waals surface area contributed by atoms with Crippen LogP contribution in [-0.2, 0) is 7.05 Å². The number of nitrogen functional groups attached to an aromatic ring is 1. The Morgan fingerprint density at radius 1 is 1.67 bits per heavy atom. The fourth-order valence-corrected chi connectivity index (χ4v) is 0.609. The molecule has 3 nitrogen and oxygen atoms in total. The molecule has 1 heterocycles. The predicted octanol–water partition coefficient (Wildman–Crippen LogP) is -0.203. The van der Waals surface area contributed by atoms with Crippen molar-refractivity contribution in [1.82, 2.24) is 4.98 Å². The van der Waals surface area contributed by atoms with E-state index < -0.39 is 0 Å². The molecular weight excluding hydrogens is 114 g/mol. The van der Waals surface area contributed by atoms with Crippen LogP contribution in [0.5, 0.6) is 0 Å². The number of hydrogen-bond acceptors (Lipinski definition) is 2. The maximum atomic E-state index is 5.44. The predicted molar refractivity (Wildman–Crippen MR) is 34.6 cm³/mol. The van der Waals surface area contributed by atoms with Crippen LogP contribution in [0.2, 0.25) is 0 Å². The van der Waals surface area contributed by atoms with Crippen molar-refractivity contribution in [2.45, 2.75) is 6.92 Å². The van der Waals surface area contributed by atoms with E-state index in [-0.39, 0.29) is 0 Å². The van der Waals surface area contributed by atoms with Crippen molar-refractivity contribution < 1.29 is 4.57 Å². The van der Waals surface area contributed by atoms with Crippen LogP contribution in [0.15, 0.2) is 12.4 Å². The summed E-state index contributed by atoms with van der Waals surface area (Å²) in [6.07, 6.45) is 3.48. The first kappa shape index (κ1) is 6.01. The summed E-state index contributed by atoms with van der Waals surface area (Å²) in [5, 5.41) is 0. The van der Waals surface area contributed by atoms with E-state index in [4.69, 9.17) is 5.73 Å². The number of rotatable bonds is 0. The molecule has 0 aromatic carbocycles. The molecule has 3 heteroatoms. The van der Waals surface area contributed by atoms with Gasteiger partial charge in [0.05, 0.1) is 7.05 Å². The lowest BCUT2D eigenvalue weighted by Gasteiger charge is -1.91. The summed E-state index contributed by atoms with van der Waals surface area (Å²) in [7, 11) is 1.92. The summed E-state index contributed by atoms with van der Waals surface area (Å²) < 4.78 is 1.88. The zero-order valence-corrected chi connectivity index (χ0v) is 5.63. The number of nitrogens with zero attached hydrogens (tertiary/aromatic N) is 2. The second-order valence-corrected chi connectivity index (χ2v) is 2.05. The molecule has 0 aliphatic carbocycles. The highest BCUT2D eigenvalue weighted by Gasteiger charge is 1.99. The molecule has 1 aromatic heterocycles. The van der Waals surface area contributed by atoms with E-state index >= 15 is 0 Å². The first-order valence-corrected chi connectivity index (χ1v) is 2.78. The lowest BCUT2D eigenvalue weighted by atomic mass is 10.5. The van der Waals surface area contributed by atoms with E-state index in [2.05, 4.69) is 4.98 Å². The molecule has 0 saturated carbocycles. The van der Waals surface area contributed by atoms with E-state index in [1.54, 1.807) is 6.20 Å². The molecule has 2 N–H and O–H groups in total. The molecule has 0 amide bonds. The van der Waals surface area contributed by atoms with Gasteiger partial charge in [0.15, 0.2) is 6.20 Å². The van der Waals surface area contributed by atoms with Crippen LogP contribution in [0.3, 0.4) is 0 Å². The fraction of sp³-hybridized carbons (Fsp3) is 0.333. The SMILES string of the molecule is Cc1ncc(N)c[n+]1C. The largest absolute Gasteiger partial charge is 0.393 e. The van der Waals surface area contributed by atoms with Gasteiger partial charge in [-0.15, -0.1) is 0 Å². The molecule has 0 atom stereocenters. The Balaban J connectivity index is 3.17. The average molecular weight is 124 g/mol. The Kier molecular flexibility index (Phi) is 1.34. The Morgan fingerprint density at radius 2 is 2.33 bits per heavy atom. The van der Waals surface area contributed by atoms with Gasteiger partial charge in [-0.3, -0.25) is 0 Å². The summed E-state index contributed by atoms with van der Waals surface area (Å²) in [5.41, 5.74) is 6.14. The molecule has 1 rings (SSSR count). The minimum atomic E-state index is 0.697. The molecule has 0 unspecified atom stereocenters. The third kappa shape index (κ3) is 1.16. The van der Waals surface area contributed by atoms with Crippen molar-refractivity contribution in [3.8, 4) is 0 Å². The minimum Gasteiger partial charge on any atom is -0.393 e. The first-order chi connectivity index (χ1) is 4.20. The van der Waals surface area contributed by atoms with Gasteiger partial charge in [-0.25, -0.2) is 4.57 Å². The monoisotopic (exact) mass is 124 g/mol. The zero-order valence-electron chi connectivity index (χ0n) is 5.63. The summed E-state index contributed by atoms with van der Waals surface area (Å²) in [6, 6.07) is 0. The quantitative estimate of drug-likeness (QED) is 0.486. The highest BCUT2D eigenvalue weighted by atomic mass is 15.0. The van der Waals surface area contributed by atoms with Crippen LogP contribution < -0.4 is 10.3 Å². The van der Waals surface area contributed by atoms with Crippen LogP contribution in [0.4, 0.5) is 5.69 Å². The molecule has 48 valence electrons. The van der Waals surface area contributed by atoms with E-state index in [1.165, 1.54) is 0 Å². The third-order valence-electron chi connectivity index (χ3n) is 1.25. The Hall–Kier alpha value is -1.12. The van der Waals surface area contributed by atoms with Crippen molar-refractivity contribution in [1.29, 1.82) is 0 Å². The molecule has 9 heavy (non-hydrogen) atoms. The fourth-order valence-electron chi connectivity index (χ4n) is 0.609. The van der Waals surface area contributed by atoms with Crippen LogP contribution in [0.1, 0.15) is 5.82 Å². The summed E-state index contributed by atoms with van der Waals surface area (Å²) in [4.78, 5) is 4.02. The standard InChI is InChI=1S/C6H10N3/c1-5-8-3-6(7)4-9(5)2/h3-4H,7H2,1-2H3/q+1. The van der Waals surface area contributed by atoms with Gasteiger partial charge in [0.25, 0.3) is 5.82 Å². The van der Waals surface area contributed by atoms with Crippen LogP contribution >= 0.6 is 0 Å². The van der Waals surface area contributed by atoms with Crippen molar-refractivity contribution >= 4 is 5.69 Å². The van der Waals surface area contributed by atoms with Crippen LogP contribution in [0.25, 0.3) is 0 Å². The minimum absolute atomic E-state index is 0.697. The van der Waals surface area contributed by atoms with Crippen molar-refractivity contribution in [2.75, 3.05) is 5.73 Å². The van der Waals surface area contributed by atoms with Gasteiger partial charge in [-0.05, 0) is 0 Å². The maximum Gasteiger partial charge on any atom is 0.295 e. The van der Waals surface area contributed by atoms with Gasteiger partial charge in [0.1, 0.15) is 11.9 Å². The molecule has 0 spiro atoms. The molecule has 0 radical (unpaired) electrons. The highest BCUT2D eigenvalue weighted by Crippen LogP contribution is 1.90. The number of aryl methyl sites for hydroxylation is 2. The van der Waals surface area contributed by atoms with Gasteiger partial charge >= 0.3 is 0 Å². The molecule has 1 aromatic rings. The van der Waals surface area contributed by atoms with E-state index in [0.29, 0.717) is 5.69 Å². The lowest BCUT2D eigenvalue weighted by Crippen LogP contribution is -2.32. The molecular formula is C6H10N3+. The summed E-state index contributed by atoms with van der Waals surface area (Å²) in [5.74, 6) is 0.962. The Bertz CT molecular complexity index is 220. The molecule has 0 bridgehead atoms. The number of hydrogen-bond donors (Lipinski definition) is 1. The smallest absolute Gasteiger partial charge is 0.295 e. The lowest BCUT2D eigenvalue weighted by molar-refractivity contribution is -0.680. The second kappa shape index (κ2) is 2.01. The number of anilines is 1. The summed E-state index contributed by atoms with van der Waals surface area (Å²) >= 11 is 0. The number of nitrogens with two attached hydrogens (primary N) is 1. The first-order valence-electron chi connectivity index (χ1n) is 2.78. The molecule has 0 aliphatic rings. The Morgan fingerprint density at radius 3 is 2.78 bits per heavy atom. The number of aromatic nitrogens is 2. The van der Waals surface area contributed by atoms with E-state index in [1.807, 2.05) is 24.7 Å². The molecule has 0 aliphatic heterocycles. The van der Waals surface area contributed by atoms with Gasteiger partial charge in [-0.2, -0.15) is 0 Å². The van der Waals surface area contributed by atoms with Crippen LogP contribution in [-0.4, -0.2) is 4.98 Å². The topological polar surface area (TPSA) is 42.8 Å². The van der Waals surface area contributed by atoms with E-state index in [0.717, 1.165) is 5.82 Å². The van der Waals surface area contributed by atoms with E-state index in [9.17, 15) is 0 Å². The molecule has 0 fully saturated rings. The highest BCUT2D eigenvalue weighted by molar-refractivity contribution is 5.27.